The Morgan fingerprint density at radius 2 is 1.90 bits per heavy atom. The number of carbonyl (C=O) groups is 1. The lowest BCUT2D eigenvalue weighted by Gasteiger charge is -2.01. The Labute approximate surface area is 125 Å². The molecule has 0 aliphatic rings. The molecule has 0 radical (unpaired) electrons. The molecule has 0 bridgehead atoms. The van der Waals surface area contributed by atoms with Crippen molar-refractivity contribution in [3.8, 4) is 11.5 Å². The van der Waals surface area contributed by atoms with Crippen molar-refractivity contribution in [2.75, 3.05) is 7.11 Å². The normalized spacial score (nSPS) is 10.7. The van der Waals surface area contributed by atoms with E-state index < -0.39 is 0 Å². The minimum Gasteiger partial charge on any atom is -0.507 e. The quantitative estimate of drug-likeness (QED) is 0.678. The van der Waals surface area contributed by atoms with Gasteiger partial charge in [0.2, 0.25) is 0 Å². The fourth-order valence-electron chi connectivity index (χ4n) is 1.69. The molecule has 20 heavy (non-hydrogen) atoms. The molecule has 0 amide bonds. The summed E-state index contributed by atoms with van der Waals surface area (Å²) < 4.78 is 5.79. The number of rotatable bonds is 4. The smallest absolute Gasteiger partial charge is 0.189 e. The van der Waals surface area contributed by atoms with E-state index in [4.69, 9.17) is 4.74 Å². The van der Waals surface area contributed by atoms with Gasteiger partial charge in [0.25, 0.3) is 0 Å². The number of methoxy groups -OCH3 is 1. The highest BCUT2D eigenvalue weighted by molar-refractivity contribution is 9.10. The summed E-state index contributed by atoms with van der Waals surface area (Å²) in [6.07, 6.45) is 3.13. The minimum atomic E-state index is -0.245. The maximum Gasteiger partial charge on any atom is 0.189 e. The van der Waals surface area contributed by atoms with Crippen LogP contribution in [0.2, 0.25) is 0 Å². The summed E-state index contributed by atoms with van der Waals surface area (Å²) in [6, 6.07) is 12.1. The zero-order valence-electron chi connectivity index (χ0n) is 10.8. The molecule has 2 aromatic carbocycles. The number of benzene rings is 2. The van der Waals surface area contributed by atoms with Gasteiger partial charge in [-0.25, -0.2) is 0 Å². The SMILES string of the molecule is COc1ccc(C=CC(=O)c2ccc(Br)cc2O)cc1. The minimum absolute atomic E-state index is 0.0382. The standard InChI is InChI=1S/C16H13BrO3/c1-20-13-6-2-11(3-7-13)4-9-15(18)14-8-5-12(17)10-16(14)19/h2-10,19H,1H3. The van der Waals surface area contributed by atoms with Crippen molar-refractivity contribution in [2.45, 2.75) is 0 Å². The first-order valence-electron chi connectivity index (χ1n) is 5.95. The van der Waals surface area contributed by atoms with E-state index in [2.05, 4.69) is 15.9 Å². The number of halogens is 1. The highest BCUT2D eigenvalue weighted by Crippen LogP contribution is 2.23. The third kappa shape index (κ3) is 3.48. The predicted molar refractivity (Wildman–Crippen MR) is 82.2 cm³/mol. The molecule has 3 nitrogen and oxygen atoms in total. The molecule has 4 heteroatoms. The summed E-state index contributed by atoms with van der Waals surface area (Å²) in [7, 11) is 1.60. The first-order valence-corrected chi connectivity index (χ1v) is 6.74. The van der Waals surface area contributed by atoms with Crippen molar-refractivity contribution >= 4 is 27.8 Å². The summed E-state index contributed by atoms with van der Waals surface area (Å²) in [6.45, 7) is 0. The van der Waals surface area contributed by atoms with E-state index in [-0.39, 0.29) is 17.1 Å². The monoisotopic (exact) mass is 332 g/mol. The maximum atomic E-state index is 12.0. The predicted octanol–water partition coefficient (Wildman–Crippen LogP) is 4.06. The molecule has 0 saturated heterocycles. The van der Waals surface area contributed by atoms with E-state index in [1.54, 1.807) is 25.3 Å². The van der Waals surface area contributed by atoms with Gasteiger partial charge in [0.05, 0.1) is 12.7 Å². The fourth-order valence-corrected chi connectivity index (χ4v) is 2.04. The summed E-state index contributed by atoms with van der Waals surface area (Å²) in [5.74, 6) is 0.480. The van der Waals surface area contributed by atoms with Gasteiger partial charge < -0.3 is 9.84 Å². The first kappa shape index (κ1) is 14.3. The Morgan fingerprint density at radius 3 is 2.50 bits per heavy atom. The first-order chi connectivity index (χ1) is 9.60. The topological polar surface area (TPSA) is 46.5 Å². The van der Waals surface area contributed by atoms with Crippen molar-refractivity contribution < 1.29 is 14.6 Å². The van der Waals surface area contributed by atoms with Gasteiger partial charge in [-0.15, -0.1) is 0 Å². The molecule has 0 aliphatic carbocycles. The molecule has 0 aromatic heterocycles. The van der Waals surface area contributed by atoms with E-state index in [0.29, 0.717) is 0 Å². The van der Waals surface area contributed by atoms with Gasteiger partial charge in [-0.1, -0.05) is 34.1 Å². The second-order valence-corrected chi connectivity index (χ2v) is 5.05. The zero-order valence-corrected chi connectivity index (χ0v) is 12.4. The Balaban J connectivity index is 2.15. The van der Waals surface area contributed by atoms with Crippen molar-refractivity contribution in [3.63, 3.8) is 0 Å². The highest BCUT2D eigenvalue weighted by Gasteiger charge is 2.08. The number of hydrogen-bond acceptors (Lipinski definition) is 3. The van der Waals surface area contributed by atoms with E-state index >= 15 is 0 Å². The van der Waals surface area contributed by atoms with Gasteiger partial charge in [0.15, 0.2) is 5.78 Å². The van der Waals surface area contributed by atoms with E-state index in [9.17, 15) is 9.90 Å². The number of ether oxygens (including phenoxy) is 1. The van der Waals surface area contributed by atoms with Crippen LogP contribution in [0.15, 0.2) is 53.0 Å². The van der Waals surface area contributed by atoms with Crippen molar-refractivity contribution in [1.29, 1.82) is 0 Å². The van der Waals surface area contributed by atoms with Crippen molar-refractivity contribution in [3.05, 3.63) is 64.1 Å². The number of allylic oxidation sites excluding steroid dienone is 1. The van der Waals surface area contributed by atoms with Crippen LogP contribution in [0.1, 0.15) is 15.9 Å². The van der Waals surface area contributed by atoms with E-state index in [1.807, 2.05) is 24.3 Å². The van der Waals surface area contributed by atoms with Crippen LogP contribution < -0.4 is 4.74 Å². The molecule has 2 aromatic rings. The third-order valence-corrected chi connectivity index (χ3v) is 3.26. The van der Waals surface area contributed by atoms with Crippen LogP contribution >= 0.6 is 15.9 Å². The van der Waals surface area contributed by atoms with Crippen LogP contribution in [0.25, 0.3) is 6.08 Å². The maximum absolute atomic E-state index is 12.0. The van der Waals surface area contributed by atoms with Gasteiger partial charge in [0, 0.05) is 4.47 Å². The highest BCUT2D eigenvalue weighted by atomic mass is 79.9. The van der Waals surface area contributed by atoms with Crippen LogP contribution in [0.5, 0.6) is 11.5 Å². The van der Waals surface area contributed by atoms with Gasteiger partial charge in [-0.05, 0) is 42.0 Å². The van der Waals surface area contributed by atoms with Gasteiger partial charge in [-0.2, -0.15) is 0 Å². The Kier molecular flexibility index (Phi) is 4.58. The van der Waals surface area contributed by atoms with Crippen molar-refractivity contribution in [2.24, 2.45) is 0 Å². The molecule has 2 rings (SSSR count). The summed E-state index contributed by atoms with van der Waals surface area (Å²) in [5, 5.41) is 9.73. The molecule has 0 aliphatic heterocycles. The Hall–Kier alpha value is -2.07. The number of carbonyl (C=O) groups excluding carboxylic acids is 1. The molecule has 102 valence electrons. The number of aromatic hydroxyl groups is 1. The van der Waals surface area contributed by atoms with Gasteiger partial charge in [-0.3, -0.25) is 4.79 Å². The third-order valence-electron chi connectivity index (χ3n) is 2.77. The van der Waals surface area contributed by atoms with E-state index in [0.717, 1.165) is 15.8 Å². The molecule has 0 spiro atoms. The van der Waals surface area contributed by atoms with Crippen molar-refractivity contribution in [1.82, 2.24) is 0 Å². The molecule has 0 atom stereocenters. The summed E-state index contributed by atoms with van der Waals surface area (Å²) in [5.41, 5.74) is 1.16. The molecule has 0 saturated carbocycles. The molecule has 1 N–H and O–H groups in total. The molecular formula is C16H13BrO3. The number of hydrogen-bond donors (Lipinski definition) is 1. The number of phenols is 1. The largest absolute Gasteiger partial charge is 0.507 e. The molecule has 0 unspecified atom stereocenters. The summed E-state index contributed by atoms with van der Waals surface area (Å²) in [4.78, 5) is 12.0. The Bertz CT molecular complexity index is 645. The number of ketones is 1. The molecular weight excluding hydrogens is 320 g/mol. The lowest BCUT2D eigenvalue weighted by molar-refractivity contribution is 0.104. The average Bonchev–Trinajstić information content (AvgIpc) is 2.45. The average molecular weight is 333 g/mol. The fraction of sp³-hybridized carbons (Fsp3) is 0.0625. The van der Waals surface area contributed by atoms with Crippen LogP contribution in [-0.4, -0.2) is 18.0 Å². The lowest BCUT2D eigenvalue weighted by atomic mass is 10.1. The number of phenolic OH excluding ortho intramolecular Hbond substituents is 1. The van der Waals surface area contributed by atoms with Crippen LogP contribution in [0.3, 0.4) is 0 Å². The van der Waals surface area contributed by atoms with Gasteiger partial charge in [0.1, 0.15) is 11.5 Å². The Morgan fingerprint density at radius 1 is 1.20 bits per heavy atom. The van der Waals surface area contributed by atoms with Crippen LogP contribution in [0.4, 0.5) is 0 Å². The summed E-state index contributed by atoms with van der Waals surface area (Å²) >= 11 is 3.23. The van der Waals surface area contributed by atoms with Gasteiger partial charge >= 0.3 is 0 Å². The van der Waals surface area contributed by atoms with E-state index in [1.165, 1.54) is 12.1 Å². The van der Waals surface area contributed by atoms with Crippen LogP contribution in [0, 0.1) is 0 Å². The zero-order chi connectivity index (χ0) is 14.5. The van der Waals surface area contributed by atoms with Crippen LogP contribution in [-0.2, 0) is 0 Å². The molecule has 0 heterocycles. The molecule has 0 fully saturated rings. The lowest BCUT2D eigenvalue weighted by Crippen LogP contribution is -1.94. The second-order valence-electron chi connectivity index (χ2n) is 4.13. The second kappa shape index (κ2) is 6.39.